The average Bonchev–Trinajstić information content (AvgIpc) is 2.67. The Morgan fingerprint density at radius 3 is 3.00 bits per heavy atom. The molecular formula is C10H11ClN2O2. The molecule has 4 nitrogen and oxygen atoms in total. The van der Waals surface area contributed by atoms with Crippen LogP contribution in [0.5, 0.6) is 0 Å². The second-order valence-corrected chi connectivity index (χ2v) is 3.80. The second-order valence-electron chi connectivity index (χ2n) is 3.41. The maximum absolute atomic E-state index is 11.9. The molecule has 0 aliphatic carbocycles. The summed E-state index contributed by atoms with van der Waals surface area (Å²) in [4.78, 5) is 21.0. The molecule has 2 rings (SSSR count). The fourth-order valence-corrected chi connectivity index (χ4v) is 1.75. The van der Waals surface area contributed by atoms with Gasteiger partial charge < -0.3 is 0 Å². The smallest absolute Gasteiger partial charge is 0.271 e. The van der Waals surface area contributed by atoms with Crippen molar-refractivity contribution in [1.82, 2.24) is 10.0 Å². The summed E-state index contributed by atoms with van der Waals surface area (Å²) in [6.45, 7) is 3.04. The molecule has 5 heteroatoms. The minimum Gasteiger partial charge on any atom is -0.271 e. The SMILES string of the molecule is Cc1cc(C(=O)N2CCCO2)cc(Cl)n1. The lowest BCUT2D eigenvalue weighted by Gasteiger charge is -2.13. The van der Waals surface area contributed by atoms with Crippen molar-refractivity contribution in [2.45, 2.75) is 13.3 Å². The van der Waals surface area contributed by atoms with E-state index in [1.807, 2.05) is 0 Å². The summed E-state index contributed by atoms with van der Waals surface area (Å²) < 4.78 is 0. The third kappa shape index (κ3) is 2.27. The van der Waals surface area contributed by atoms with Gasteiger partial charge in [-0.05, 0) is 25.5 Å². The number of carbonyl (C=O) groups is 1. The van der Waals surface area contributed by atoms with Crippen molar-refractivity contribution in [2.24, 2.45) is 0 Å². The first kappa shape index (κ1) is 10.4. The van der Waals surface area contributed by atoms with Gasteiger partial charge in [-0.15, -0.1) is 0 Å². The lowest BCUT2D eigenvalue weighted by molar-refractivity contribution is -0.0768. The van der Waals surface area contributed by atoms with Crippen LogP contribution >= 0.6 is 11.6 Å². The standard InChI is InChI=1S/C10H11ClN2O2/c1-7-5-8(6-9(11)12-7)10(14)13-3-2-4-15-13/h5-6H,2-4H2,1H3. The summed E-state index contributed by atoms with van der Waals surface area (Å²) in [6, 6.07) is 3.26. The summed E-state index contributed by atoms with van der Waals surface area (Å²) in [6.07, 6.45) is 0.879. The molecule has 0 unspecified atom stereocenters. The predicted octanol–water partition coefficient (Wildman–Crippen LogP) is 1.82. The highest BCUT2D eigenvalue weighted by atomic mass is 35.5. The van der Waals surface area contributed by atoms with E-state index in [2.05, 4.69) is 4.98 Å². The molecule has 1 fully saturated rings. The van der Waals surface area contributed by atoms with Crippen LogP contribution in [0.3, 0.4) is 0 Å². The number of hydrogen-bond donors (Lipinski definition) is 0. The van der Waals surface area contributed by atoms with Gasteiger partial charge in [0.05, 0.1) is 13.2 Å². The van der Waals surface area contributed by atoms with Crippen LogP contribution in [0.4, 0.5) is 0 Å². The van der Waals surface area contributed by atoms with E-state index in [0.29, 0.717) is 23.9 Å². The van der Waals surface area contributed by atoms with Crippen molar-refractivity contribution in [3.63, 3.8) is 0 Å². The topological polar surface area (TPSA) is 42.4 Å². The molecule has 1 saturated heterocycles. The molecule has 0 saturated carbocycles. The van der Waals surface area contributed by atoms with Crippen molar-refractivity contribution in [2.75, 3.05) is 13.2 Å². The highest BCUT2D eigenvalue weighted by Gasteiger charge is 2.21. The van der Waals surface area contributed by atoms with Gasteiger partial charge in [-0.25, -0.2) is 10.0 Å². The Balaban J connectivity index is 2.24. The number of carbonyl (C=O) groups excluding carboxylic acids is 1. The van der Waals surface area contributed by atoms with E-state index >= 15 is 0 Å². The summed E-state index contributed by atoms with van der Waals surface area (Å²) in [5.41, 5.74) is 1.25. The quantitative estimate of drug-likeness (QED) is 0.686. The van der Waals surface area contributed by atoms with Crippen LogP contribution in [0.2, 0.25) is 5.15 Å². The number of aromatic nitrogens is 1. The number of aryl methyl sites for hydroxylation is 1. The first-order chi connectivity index (χ1) is 7.16. The zero-order valence-electron chi connectivity index (χ0n) is 8.36. The summed E-state index contributed by atoms with van der Waals surface area (Å²) in [5, 5.41) is 1.70. The number of halogens is 1. The van der Waals surface area contributed by atoms with E-state index in [1.165, 1.54) is 5.06 Å². The van der Waals surface area contributed by atoms with E-state index < -0.39 is 0 Å². The second kappa shape index (κ2) is 4.16. The third-order valence-corrected chi connectivity index (χ3v) is 2.34. The molecule has 2 heterocycles. The van der Waals surface area contributed by atoms with E-state index in [9.17, 15) is 4.79 Å². The fourth-order valence-electron chi connectivity index (χ4n) is 1.50. The molecule has 0 spiro atoms. The Bertz CT molecular complexity index is 369. The van der Waals surface area contributed by atoms with E-state index in [0.717, 1.165) is 12.1 Å². The maximum Gasteiger partial charge on any atom is 0.277 e. The number of pyridine rings is 1. The first-order valence-electron chi connectivity index (χ1n) is 4.76. The average molecular weight is 227 g/mol. The van der Waals surface area contributed by atoms with Gasteiger partial charge in [-0.1, -0.05) is 11.6 Å². The van der Waals surface area contributed by atoms with Crippen LogP contribution in [0.15, 0.2) is 12.1 Å². The molecule has 15 heavy (non-hydrogen) atoms. The summed E-state index contributed by atoms with van der Waals surface area (Å²) in [7, 11) is 0. The van der Waals surface area contributed by atoms with Gasteiger partial charge in [0.2, 0.25) is 0 Å². The Kier molecular flexibility index (Phi) is 2.88. The number of rotatable bonds is 1. The van der Waals surface area contributed by atoms with Crippen molar-refractivity contribution < 1.29 is 9.63 Å². The molecule has 1 aliphatic heterocycles. The van der Waals surface area contributed by atoms with Crippen LogP contribution in [0, 0.1) is 6.92 Å². The molecule has 0 N–H and O–H groups in total. The van der Waals surface area contributed by atoms with Gasteiger partial charge in [0, 0.05) is 11.3 Å². The van der Waals surface area contributed by atoms with Crippen LogP contribution < -0.4 is 0 Å². The molecule has 80 valence electrons. The Morgan fingerprint density at radius 1 is 1.60 bits per heavy atom. The van der Waals surface area contributed by atoms with Crippen LogP contribution in [-0.4, -0.2) is 29.1 Å². The van der Waals surface area contributed by atoms with Gasteiger partial charge in [0.25, 0.3) is 5.91 Å². The number of hydrogen-bond acceptors (Lipinski definition) is 3. The lowest BCUT2D eigenvalue weighted by atomic mass is 10.2. The van der Waals surface area contributed by atoms with Crippen LogP contribution in [-0.2, 0) is 4.84 Å². The monoisotopic (exact) mass is 226 g/mol. The fraction of sp³-hybridized carbons (Fsp3) is 0.400. The minimum atomic E-state index is -0.153. The van der Waals surface area contributed by atoms with Gasteiger partial charge in [0.15, 0.2) is 0 Å². The minimum absolute atomic E-state index is 0.153. The first-order valence-corrected chi connectivity index (χ1v) is 5.13. The highest BCUT2D eigenvalue weighted by molar-refractivity contribution is 6.29. The number of amides is 1. The van der Waals surface area contributed by atoms with Crippen molar-refractivity contribution in [3.8, 4) is 0 Å². The zero-order chi connectivity index (χ0) is 10.8. The molecule has 0 radical (unpaired) electrons. The molecule has 1 aliphatic rings. The van der Waals surface area contributed by atoms with Crippen LogP contribution in [0.25, 0.3) is 0 Å². The highest BCUT2D eigenvalue weighted by Crippen LogP contribution is 2.15. The molecule has 0 aromatic carbocycles. The van der Waals surface area contributed by atoms with Gasteiger partial charge in [0.1, 0.15) is 5.15 Å². The van der Waals surface area contributed by atoms with E-state index in [-0.39, 0.29) is 5.91 Å². The molecule has 0 atom stereocenters. The van der Waals surface area contributed by atoms with E-state index in [1.54, 1.807) is 19.1 Å². The number of nitrogens with zero attached hydrogens (tertiary/aromatic N) is 2. The predicted molar refractivity (Wildman–Crippen MR) is 55.6 cm³/mol. The van der Waals surface area contributed by atoms with Crippen molar-refractivity contribution >= 4 is 17.5 Å². The van der Waals surface area contributed by atoms with Gasteiger partial charge in [-0.2, -0.15) is 0 Å². The van der Waals surface area contributed by atoms with Crippen molar-refractivity contribution in [3.05, 3.63) is 28.5 Å². The maximum atomic E-state index is 11.9. The third-order valence-electron chi connectivity index (χ3n) is 2.15. The van der Waals surface area contributed by atoms with Gasteiger partial charge >= 0.3 is 0 Å². The molecule has 1 aromatic rings. The van der Waals surface area contributed by atoms with E-state index in [4.69, 9.17) is 16.4 Å². The van der Waals surface area contributed by atoms with Gasteiger partial charge in [-0.3, -0.25) is 9.63 Å². The van der Waals surface area contributed by atoms with Crippen LogP contribution in [0.1, 0.15) is 22.5 Å². The molecule has 1 amide bonds. The Labute approximate surface area is 92.8 Å². The summed E-state index contributed by atoms with van der Waals surface area (Å²) >= 11 is 5.78. The number of hydroxylamine groups is 2. The normalized spacial score (nSPS) is 15.7. The largest absolute Gasteiger partial charge is 0.277 e. The zero-order valence-corrected chi connectivity index (χ0v) is 9.12. The Morgan fingerprint density at radius 2 is 2.40 bits per heavy atom. The Hall–Kier alpha value is -1.13. The van der Waals surface area contributed by atoms with Crippen molar-refractivity contribution in [1.29, 1.82) is 0 Å². The molecule has 1 aromatic heterocycles. The molecule has 0 bridgehead atoms. The summed E-state index contributed by atoms with van der Waals surface area (Å²) in [5.74, 6) is -0.153. The lowest BCUT2D eigenvalue weighted by Crippen LogP contribution is -2.26. The molecular weight excluding hydrogens is 216 g/mol.